The van der Waals surface area contributed by atoms with Gasteiger partial charge < -0.3 is 15.4 Å². The average Bonchev–Trinajstić information content (AvgIpc) is 2.48. The third kappa shape index (κ3) is 3.34. The highest BCUT2D eigenvalue weighted by atomic mass is 79.9. The highest BCUT2D eigenvalue weighted by molar-refractivity contribution is 9.10. The summed E-state index contributed by atoms with van der Waals surface area (Å²) < 4.78 is 6.12. The fourth-order valence-corrected chi connectivity index (χ4v) is 3.12. The molecule has 0 aromatic heterocycles. The summed E-state index contributed by atoms with van der Waals surface area (Å²) in [5.41, 5.74) is 6.38. The molecule has 1 aromatic rings. The van der Waals surface area contributed by atoms with Gasteiger partial charge in [0.2, 0.25) is 0 Å². The van der Waals surface area contributed by atoms with E-state index in [4.69, 9.17) is 22.1 Å². The van der Waals surface area contributed by atoms with Crippen molar-refractivity contribution < 1.29 is 9.53 Å². The predicted octanol–water partition coefficient (Wildman–Crippen LogP) is 2.68. The van der Waals surface area contributed by atoms with Gasteiger partial charge in [-0.2, -0.15) is 0 Å². The van der Waals surface area contributed by atoms with Crippen LogP contribution in [0.1, 0.15) is 23.2 Å². The van der Waals surface area contributed by atoms with Gasteiger partial charge in [-0.3, -0.25) is 4.79 Å². The molecule has 1 saturated heterocycles. The molecule has 2 unspecified atom stereocenters. The number of nitrogens with zero attached hydrogens (tertiary/aromatic N) is 1. The molecule has 2 N–H and O–H groups in total. The summed E-state index contributed by atoms with van der Waals surface area (Å²) in [4.78, 5) is 14.5. The minimum absolute atomic E-state index is 0.00656. The highest BCUT2D eigenvalue weighted by Crippen LogP contribution is 2.26. The number of rotatable bonds is 3. The zero-order valence-corrected chi connectivity index (χ0v) is 13.7. The first-order chi connectivity index (χ1) is 9.56. The minimum atomic E-state index is -0.0376. The van der Waals surface area contributed by atoms with E-state index in [0.29, 0.717) is 23.7 Å². The topological polar surface area (TPSA) is 55.6 Å². The van der Waals surface area contributed by atoms with Crippen LogP contribution in [0.15, 0.2) is 22.7 Å². The maximum absolute atomic E-state index is 12.7. The lowest BCUT2D eigenvalue weighted by Gasteiger charge is -2.38. The number of amides is 1. The van der Waals surface area contributed by atoms with Gasteiger partial charge in [0.15, 0.2) is 0 Å². The number of halogens is 2. The molecule has 20 heavy (non-hydrogen) atoms. The Hall–Kier alpha value is -0.620. The lowest BCUT2D eigenvalue weighted by molar-refractivity contribution is 0.0138. The van der Waals surface area contributed by atoms with Gasteiger partial charge in [-0.15, -0.1) is 0 Å². The first kappa shape index (κ1) is 15.8. The molecule has 2 rings (SSSR count). The lowest BCUT2D eigenvalue weighted by atomic mass is 9.98. The fraction of sp³-hybridized carbons (Fsp3) is 0.500. The number of piperidine rings is 1. The molecule has 4 nitrogen and oxygen atoms in total. The zero-order valence-electron chi connectivity index (χ0n) is 11.3. The van der Waals surface area contributed by atoms with E-state index in [-0.39, 0.29) is 18.1 Å². The summed E-state index contributed by atoms with van der Waals surface area (Å²) in [7, 11) is 1.70. The molecule has 110 valence electrons. The second-order valence-electron chi connectivity index (χ2n) is 4.89. The Balaban J connectivity index is 2.21. The van der Waals surface area contributed by atoms with E-state index in [0.717, 1.165) is 17.3 Å². The van der Waals surface area contributed by atoms with Crippen LogP contribution in [0.4, 0.5) is 0 Å². The van der Waals surface area contributed by atoms with E-state index >= 15 is 0 Å². The molecule has 1 aromatic carbocycles. The molecule has 6 heteroatoms. The Morgan fingerprint density at radius 3 is 3.00 bits per heavy atom. The standard InChI is InChI=1S/C14H18BrClN2O2/c1-20-11-4-5-18(10(7-11)8-17)14(19)12-6-9(16)2-3-13(12)15/h2-3,6,10-11H,4-5,7-8,17H2,1H3. The van der Waals surface area contributed by atoms with Gasteiger partial charge in [0.1, 0.15) is 0 Å². The van der Waals surface area contributed by atoms with E-state index in [1.165, 1.54) is 0 Å². The van der Waals surface area contributed by atoms with Crippen molar-refractivity contribution in [1.29, 1.82) is 0 Å². The van der Waals surface area contributed by atoms with Crippen LogP contribution in [0.2, 0.25) is 5.02 Å². The van der Waals surface area contributed by atoms with Crippen LogP contribution in [0.5, 0.6) is 0 Å². The Morgan fingerprint density at radius 2 is 2.35 bits per heavy atom. The van der Waals surface area contributed by atoms with Crippen molar-refractivity contribution in [2.75, 3.05) is 20.2 Å². The SMILES string of the molecule is COC1CCN(C(=O)c2cc(Cl)ccc2Br)C(CN)C1. The number of carbonyl (C=O) groups is 1. The predicted molar refractivity (Wildman–Crippen MR) is 83.1 cm³/mol. The maximum atomic E-state index is 12.7. The molecule has 1 aliphatic heterocycles. The van der Waals surface area contributed by atoms with E-state index in [9.17, 15) is 4.79 Å². The number of nitrogens with two attached hydrogens (primary N) is 1. The molecule has 1 fully saturated rings. The van der Waals surface area contributed by atoms with Crippen LogP contribution >= 0.6 is 27.5 Å². The largest absolute Gasteiger partial charge is 0.381 e. The second-order valence-corrected chi connectivity index (χ2v) is 6.19. The minimum Gasteiger partial charge on any atom is -0.381 e. The number of ether oxygens (including phenoxy) is 1. The lowest BCUT2D eigenvalue weighted by Crippen LogP contribution is -2.51. The Labute approximate surface area is 132 Å². The monoisotopic (exact) mass is 360 g/mol. The average molecular weight is 362 g/mol. The Bertz CT molecular complexity index is 498. The van der Waals surface area contributed by atoms with Gasteiger partial charge in [-0.05, 0) is 47.0 Å². The maximum Gasteiger partial charge on any atom is 0.255 e. The van der Waals surface area contributed by atoms with Gasteiger partial charge in [0.05, 0.1) is 11.7 Å². The molecule has 2 atom stereocenters. The van der Waals surface area contributed by atoms with Crippen LogP contribution in [-0.4, -0.2) is 43.2 Å². The van der Waals surface area contributed by atoms with Gasteiger partial charge in [-0.1, -0.05) is 11.6 Å². The third-order valence-electron chi connectivity index (χ3n) is 3.69. The molecular weight excluding hydrogens is 344 g/mol. The summed E-state index contributed by atoms with van der Waals surface area (Å²) >= 11 is 9.38. The number of hydrogen-bond donors (Lipinski definition) is 1. The zero-order chi connectivity index (χ0) is 14.7. The smallest absolute Gasteiger partial charge is 0.255 e. The molecular formula is C14H18BrClN2O2. The normalized spacial score (nSPS) is 22.9. The fourth-order valence-electron chi connectivity index (χ4n) is 2.54. The molecule has 0 saturated carbocycles. The van der Waals surface area contributed by atoms with Crippen LogP contribution in [0.25, 0.3) is 0 Å². The van der Waals surface area contributed by atoms with Crippen LogP contribution in [-0.2, 0) is 4.74 Å². The molecule has 1 amide bonds. The van der Waals surface area contributed by atoms with E-state index < -0.39 is 0 Å². The van der Waals surface area contributed by atoms with Crippen LogP contribution < -0.4 is 5.73 Å². The summed E-state index contributed by atoms with van der Waals surface area (Å²) in [6.45, 7) is 1.09. The van der Waals surface area contributed by atoms with Crippen LogP contribution in [0, 0.1) is 0 Å². The Morgan fingerprint density at radius 1 is 1.60 bits per heavy atom. The molecule has 1 heterocycles. The molecule has 0 radical (unpaired) electrons. The Kier molecular flexibility index (Phi) is 5.43. The molecule has 0 bridgehead atoms. The van der Waals surface area contributed by atoms with Crippen molar-refractivity contribution in [3.05, 3.63) is 33.3 Å². The number of hydrogen-bond acceptors (Lipinski definition) is 3. The highest BCUT2D eigenvalue weighted by Gasteiger charge is 2.32. The van der Waals surface area contributed by atoms with Crippen molar-refractivity contribution in [3.63, 3.8) is 0 Å². The summed E-state index contributed by atoms with van der Waals surface area (Å²) in [5.74, 6) is -0.0376. The third-order valence-corrected chi connectivity index (χ3v) is 4.62. The van der Waals surface area contributed by atoms with Crippen molar-refractivity contribution in [2.24, 2.45) is 5.73 Å². The first-order valence-corrected chi connectivity index (χ1v) is 7.72. The van der Waals surface area contributed by atoms with Gasteiger partial charge in [0.25, 0.3) is 5.91 Å². The number of methoxy groups -OCH3 is 1. The number of carbonyl (C=O) groups excluding carboxylic acids is 1. The first-order valence-electron chi connectivity index (χ1n) is 6.55. The summed E-state index contributed by atoms with van der Waals surface area (Å²) in [6, 6.07) is 5.23. The van der Waals surface area contributed by atoms with Gasteiger partial charge in [-0.25, -0.2) is 0 Å². The van der Waals surface area contributed by atoms with E-state index in [1.807, 2.05) is 4.90 Å². The number of benzene rings is 1. The molecule has 0 aliphatic carbocycles. The molecule has 0 spiro atoms. The van der Waals surface area contributed by atoms with Crippen molar-refractivity contribution in [2.45, 2.75) is 25.0 Å². The van der Waals surface area contributed by atoms with Gasteiger partial charge in [0, 0.05) is 35.7 Å². The molecule has 1 aliphatic rings. The van der Waals surface area contributed by atoms with Gasteiger partial charge >= 0.3 is 0 Å². The quantitative estimate of drug-likeness (QED) is 0.900. The van der Waals surface area contributed by atoms with Crippen LogP contribution in [0.3, 0.4) is 0 Å². The van der Waals surface area contributed by atoms with Crippen molar-refractivity contribution in [1.82, 2.24) is 4.90 Å². The van der Waals surface area contributed by atoms with E-state index in [1.54, 1.807) is 25.3 Å². The summed E-state index contributed by atoms with van der Waals surface area (Å²) in [5, 5.41) is 0.549. The number of likely N-dealkylation sites (tertiary alicyclic amines) is 1. The van der Waals surface area contributed by atoms with Crippen molar-refractivity contribution in [3.8, 4) is 0 Å². The summed E-state index contributed by atoms with van der Waals surface area (Å²) in [6.07, 6.45) is 1.78. The van der Waals surface area contributed by atoms with Crippen molar-refractivity contribution >= 4 is 33.4 Å². The second kappa shape index (κ2) is 6.89. The van der Waals surface area contributed by atoms with E-state index in [2.05, 4.69) is 15.9 Å².